The summed E-state index contributed by atoms with van der Waals surface area (Å²) in [7, 11) is 0. The average molecular weight is 590 g/mol. The molecule has 0 radical (unpaired) electrons. The number of amides is 1. The number of aryl methyl sites for hydroxylation is 1. The van der Waals surface area contributed by atoms with Gasteiger partial charge in [0.05, 0.1) is 35.3 Å². The predicted octanol–water partition coefficient (Wildman–Crippen LogP) is 5.14. The number of piperazine rings is 1. The van der Waals surface area contributed by atoms with Crippen LogP contribution in [0.25, 0.3) is 16.7 Å². The third-order valence-corrected chi connectivity index (χ3v) is 7.50. The number of carbonyl (C=O) groups excluding carboxylic acids is 1. The standard InChI is InChI=1S/C30H29ClFN7O3/c1-18(2)24-25(19(3)10-12-34-24)39-28-22(15-23(32)26(31)35-28)27(36-29(39)40)37-13-14-38(21(16-37)9-11-33)30(41)42-17-20-7-5-4-6-8-20/h4-8,10,12,15,18,21H,9,13-14,16-17H2,1-3H3/t21-/m0/s1. The fraction of sp³-hybridized carbons (Fsp3) is 0.333. The van der Waals surface area contributed by atoms with Gasteiger partial charge in [0.2, 0.25) is 0 Å². The van der Waals surface area contributed by atoms with Crippen LogP contribution in [0.2, 0.25) is 5.15 Å². The molecule has 0 bridgehead atoms. The van der Waals surface area contributed by atoms with Gasteiger partial charge in [0.1, 0.15) is 12.4 Å². The number of pyridine rings is 2. The summed E-state index contributed by atoms with van der Waals surface area (Å²) >= 11 is 6.13. The quantitative estimate of drug-likeness (QED) is 0.284. The van der Waals surface area contributed by atoms with E-state index in [9.17, 15) is 19.2 Å². The number of aromatic nitrogens is 4. The third-order valence-electron chi connectivity index (χ3n) is 7.23. The highest BCUT2D eigenvalue weighted by atomic mass is 35.5. The summed E-state index contributed by atoms with van der Waals surface area (Å²) in [4.78, 5) is 43.1. The number of nitrogens with zero attached hydrogens (tertiary/aromatic N) is 7. The fourth-order valence-electron chi connectivity index (χ4n) is 5.18. The second kappa shape index (κ2) is 12.1. The molecule has 0 aliphatic carbocycles. The first-order chi connectivity index (χ1) is 20.2. The maximum absolute atomic E-state index is 14.9. The number of benzene rings is 1. The highest BCUT2D eigenvalue weighted by Crippen LogP contribution is 2.31. The van der Waals surface area contributed by atoms with Crippen molar-refractivity contribution in [3.63, 3.8) is 0 Å². The van der Waals surface area contributed by atoms with Gasteiger partial charge in [0.15, 0.2) is 16.6 Å². The van der Waals surface area contributed by atoms with Crippen LogP contribution in [-0.4, -0.2) is 56.2 Å². The van der Waals surface area contributed by atoms with Crippen LogP contribution in [0.15, 0.2) is 53.5 Å². The number of carbonyl (C=O) groups is 1. The van der Waals surface area contributed by atoms with Gasteiger partial charge in [0.25, 0.3) is 0 Å². The maximum atomic E-state index is 14.9. The molecule has 1 atom stereocenters. The average Bonchev–Trinajstić information content (AvgIpc) is 2.97. The molecule has 10 nitrogen and oxygen atoms in total. The third kappa shape index (κ3) is 5.63. The Morgan fingerprint density at radius 3 is 2.69 bits per heavy atom. The summed E-state index contributed by atoms with van der Waals surface area (Å²) in [5.74, 6) is -0.595. The van der Waals surface area contributed by atoms with Crippen molar-refractivity contribution in [1.29, 1.82) is 5.26 Å². The Labute approximate surface area is 247 Å². The molecule has 216 valence electrons. The number of ether oxygens (including phenoxy) is 1. The van der Waals surface area contributed by atoms with E-state index in [4.69, 9.17) is 16.3 Å². The molecule has 1 aliphatic rings. The minimum absolute atomic E-state index is 0.0248. The zero-order valence-electron chi connectivity index (χ0n) is 23.4. The Hall–Kier alpha value is -4.56. The lowest BCUT2D eigenvalue weighted by Gasteiger charge is -2.40. The van der Waals surface area contributed by atoms with Crippen molar-refractivity contribution in [3.05, 3.63) is 86.9 Å². The molecule has 3 aromatic heterocycles. The molecule has 1 amide bonds. The Balaban J connectivity index is 1.53. The second-order valence-corrected chi connectivity index (χ2v) is 10.8. The van der Waals surface area contributed by atoms with Crippen molar-refractivity contribution in [1.82, 2.24) is 24.4 Å². The number of anilines is 1. The first-order valence-corrected chi connectivity index (χ1v) is 13.9. The van der Waals surface area contributed by atoms with E-state index in [1.54, 1.807) is 17.2 Å². The molecule has 1 aliphatic heterocycles. The second-order valence-electron chi connectivity index (χ2n) is 10.4. The molecule has 1 saturated heterocycles. The van der Waals surface area contributed by atoms with Crippen molar-refractivity contribution >= 4 is 34.5 Å². The van der Waals surface area contributed by atoms with E-state index in [2.05, 4.69) is 21.0 Å². The van der Waals surface area contributed by atoms with Gasteiger partial charge in [-0.05, 0) is 36.1 Å². The molecule has 0 spiro atoms. The van der Waals surface area contributed by atoms with Gasteiger partial charge in [0, 0.05) is 25.8 Å². The molecule has 0 N–H and O–H groups in total. The van der Waals surface area contributed by atoms with Gasteiger partial charge in [-0.1, -0.05) is 55.8 Å². The van der Waals surface area contributed by atoms with Crippen molar-refractivity contribution in [3.8, 4) is 11.8 Å². The molecular formula is C30H29ClFN7O3. The van der Waals surface area contributed by atoms with Crippen LogP contribution in [0.4, 0.5) is 15.0 Å². The molecule has 12 heteroatoms. The Morgan fingerprint density at radius 2 is 1.98 bits per heavy atom. The zero-order valence-corrected chi connectivity index (χ0v) is 24.2. The van der Waals surface area contributed by atoms with E-state index in [1.807, 2.05) is 51.1 Å². The summed E-state index contributed by atoms with van der Waals surface area (Å²) in [6.45, 7) is 6.51. The van der Waals surface area contributed by atoms with E-state index in [1.165, 1.54) is 15.5 Å². The number of halogens is 2. The van der Waals surface area contributed by atoms with E-state index < -0.39 is 23.6 Å². The van der Waals surface area contributed by atoms with Crippen molar-refractivity contribution in [2.75, 3.05) is 24.5 Å². The van der Waals surface area contributed by atoms with Crippen LogP contribution in [0, 0.1) is 24.1 Å². The molecule has 1 aromatic carbocycles. The summed E-state index contributed by atoms with van der Waals surface area (Å²) in [5, 5.41) is 9.42. The van der Waals surface area contributed by atoms with E-state index >= 15 is 0 Å². The van der Waals surface area contributed by atoms with Crippen LogP contribution in [-0.2, 0) is 11.3 Å². The monoisotopic (exact) mass is 589 g/mol. The topological polar surface area (TPSA) is 117 Å². The molecule has 5 rings (SSSR count). The Bertz CT molecular complexity index is 1740. The van der Waals surface area contributed by atoms with Gasteiger partial charge >= 0.3 is 11.8 Å². The highest BCUT2D eigenvalue weighted by molar-refractivity contribution is 6.30. The van der Waals surface area contributed by atoms with Crippen molar-refractivity contribution < 1.29 is 13.9 Å². The lowest BCUT2D eigenvalue weighted by atomic mass is 10.0. The van der Waals surface area contributed by atoms with Crippen LogP contribution in [0.5, 0.6) is 0 Å². The molecule has 4 heterocycles. The molecule has 0 saturated carbocycles. The summed E-state index contributed by atoms with van der Waals surface area (Å²) < 4.78 is 21.7. The van der Waals surface area contributed by atoms with Crippen molar-refractivity contribution in [2.45, 2.75) is 45.8 Å². The van der Waals surface area contributed by atoms with Gasteiger partial charge < -0.3 is 14.5 Å². The smallest absolute Gasteiger partial charge is 0.410 e. The summed E-state index contributed by atoms with van der Waals surface area (Å²) in [6.07, 6.45) is 1.15. The minimum atomic E-state index is -0.763. The first-order valence-electron chi connectivity index (χ1n) is 13.5. The molecule has 0 unspecified atom stereocenters. The lowest BCUT2D eigenvalue weighted by molar-refractivity contribution is 0.0768. The number of hydrogen-bond acceptors (Lipinski definition) is 8. The number of nitriles is 1. The summed E-state index contributed by atoms with van der Waals surface area (Å²) in [6, 6.07) is 13.9. The first kappa shape index (κ1) is 29.0. The molecule has 1 fully saturated rings. The molecule has 42 heavy (non-hydrogen) atoms. The van der Waals surface area contributed by atoms with E-state index in [0.29, 0.717) is 11.4 Å². The minimum Gasteiger partial charge on any atom is -0.445 e. The SMILES string of the molecule is Cc1ccnc(C(C)C)c1-n1c(=O)nc(N2CCN(C(=O)OCc3ccccc3)[C@@H](CC#N)C2)c2cc(F)c(Cl)nc21. The molecular weight excluding hydrogens is 561 g/mol. The van der Waals surface area contributed by atoms with Crippen LogP contribution >= 0.6 is 11.6 Å². The van der Waals surface area contributed by atoms with Gasteiger partial charge in [-0.15, -0.1) is 0 Å². The van der Waals surface area contributed by atoms with Gasteiger partial charge in [-0.25, -0.2) is 23.5 Å². The normalized spacial score (nSPS) is 15.2. The number of fused-ring (bicyclic) bond motifs is 1. The highest BCUT2D eigenvalue weighted by Gasteiger charge is 2.34. The van der Waals surface area contributed by atoms with Gasteiger partial charge in [-0.3, -0.25) is 4.98 Å². The fourth-order valence-corrected chi connectivity index (χ4v) is 5.32. The molecule has 4 aromatic rings. The van der Waals surface area contributed by atoms with Crippen LogP contribution in [0.3, 0.4) is 0 Å². The van der Waals surface area contributed by atoms with Crippen LogP contribution < -0.4 is 10.6 Å². The van der Waals surface area contributed by atoms with Crippen molar-refractivity contribution in [2.24, 2.45) is 0 Å². The Kier molecular flexibility index (Phi) is 8.36. The number of rotatable bonds is 6. The zero-order chi connectivity index (χ0) is 30.0. The predicted molar refractivity (Wildman–Crippen MR) is 156 cm³/mol. The Morgan fingerprint density at radius 1 is 1.21 bits per heavy atom. The lowest BCUT2D eigenvalue weighted by Crippen LogP contribution is -2.55. The van der Waals surface area contributed by atoms with Crippen LogP contribution in [0.1, 0.15) is 43.0 Å². The number of hydrogen-bond donors (Lipinski definition) is 0. The largest absolute Gasteiger partial charge is 0.445 e. The maximum Gasteiger partial charge on any atom is 0.410 e. The summed E-state index contributed by atoms with van der Waals surface area (Å²) in [5.41, 5.74) is 2.29. The van der Waals surface area contributed by atoms with E-state index in [-0.39, 0.29) is 60.6 Å². The van der Waals surface area contributed by atoms with Gasteiger partial charge in [-0.2, -0.15) is 10.2 Å². The van der Waals surface area contributed by atoms with E-state index in [0.717, 1.165) is 11.1 Å².